The molecule has 2 atom stereocenters. The van der Waals surface area contributed by atoms with Crippen molar-refractivity contribution in [2.24, 2.45) is 17.6 Å². The standard InChI is InChI=1S/C17H33N3O3/c1-13(2)11-14(3)23-10-6-16(21)20-9-4-5-15(12-20)17(22)19-8-7-18/h13-15H,4-12,18H2,1-3H3,(H,19,22). The number of rotatable bonds is 9. The SMILES string of the molecule is CC(C)CC(C)OCCC(=O)N1CCCC(C(=O)NCCN)C1. The van der Waals surface area contributed by atoms with Gasteiger partial charge in [-0.15, -0.1) is 0 Å². The maximum absolute atomic E-state index is 12.3. The first kappa shape index (κ1) is 19.9. The van der Waals surface area contributed by atoms with E-state index in [-0.39, 0.29) is 23.8 Å². The summed E-state index contributed by atoms with van der Waals surface area (Å²) >= 11 is 0. The van der Waals surface area contributed by atoms with Crippen molar-refractivity contribution in [1.29, 1.82) is 0 Å². The third-order valence-electron chi connectivity index (χ3n) is 4.11. The first-order valence-electron chi connectivity index (χ1n) is 8.81. The summed E-state index contributed by atoms with van der Waals surface area (Å²) in [5, 5.41) is 2.81. The van der Waals surface area contributed by atoms with Gasteiger partial charge in [-0.1, -0.05) is 13.8 Å². The third-order valence-corrected chi connectivity index (χ3v) is 4.11. The van der Waals surface area contributed by atoms with Crippen LogP contribution in [0.15, 0.2) is 0 Å². The second-order valence-electron chi connectivity index (χ2n) is 6.82. The first-order valence-corrected chi connectivity index (χ1v) is 8.81. The topological polar surface area (TPSA) is 84.7 Å². The molecule has 2 amide bonds. The number of carbonyl (C=O) groups excluding carboxylic acids is 2. The van der Waals surface area contributed by atoms with Crippen LogP contribution in [0.3, 0.4) is 0 Å². The van der Waals surface area contributed by atoms with Gasteiger partial charge in [-0.2, -0.15) is 0 Å². The predicted molar refractivity (Wildman–Crippen MR) is 90.9 cm³/mol. The Morgan fingerprint density at radius 2 is 2.09 bits per heavy atom. The summed E-state index contributed by atoms with van der Waals surface area (Å²) in [7, 11) is 0. The smallest absolute Gasteiger partial charge is 0.224 e. The Labute approximate surface area is 140 Å². The zero-order valence-electron chi connectivity index (χ0n) is 14.8. The summed E-state index contributed by atoms with van der Waals surface area (Å²) in [5.74, 6) is 0.573. The van der Waals surface area contributed by atoms with E-state index in [4.69, 9.17) is 10.5 Å². The van der Waals surface area contributed by atoms with E-state index in [1.165, 1.54) is 0 Å². The minimum absolute atomic E-state index is 0.00903. The Morgan fingerprint density at radius 3 is 2.74 bits per heavy atom. The predicted octanol–water partition coefficient (Wildman–Crippen LogP) is 1.14. The van der Waals surface area contributed by atoms with Crippen molar-refractivity contribution in [2.75, 3.05) is 32.8 Å². The Bertz CT molecular complexity index is 374. The summed E-state index contributed by atoms with van der Waals surface area (Å²) in [5.41, 5.74) is 5.40. The fourth-order valence-corrected chi connectivity index (χ4v) is 2.99. The number of carbonyl (C=O) groups is 2. The van der Waals surface area contributed by atoms with E-state index in [1.807, 2.05) is 6.92 Å². The molecule has 23 heavy (non-hydrogen) atoms. The lowest BCUT2D eigenvalue weighted by atomic mass is 9.97. The molecule has 0 aromatic heterocycles. The number of amides is 2. The number of piperidine rings is 1. The van der Waals surface area contributed by atoms with Crippen LogP contribution in [-0.4, -0.2) is 55.6 Å². The Kier molecular flexibility index (Phi) is 9.17. The van der Waals surface area contributed by atoms with Gasteiger partial charge in [0.25, 0.3) is 0 Å². The first-order chi connectivity index (χ1) is 10.9. The van der Waals surface area contributed by atoms with Gasteiger partial charge in [0.15, 0.2) is 0 Å². The largest absolute Gasteiger partial charge is 0.378 e. The molecule has 1 fully saturated rings. The summed E-state index contributed by atoms with van der Waals surface area (Å²) in [6.07, 6.45) is 3.28. The van der Waals surface area contributed by atoms with Crippen molar-refractivity contribution < 1.29 is 14.3 Å². The van der Waals surface area contributed by atoms with E-state index in [0.717, 1.165) is 25.8 Å². The molecule has 1 saturated heterocycles. The highest BCUT2D eigenvalue weighted by molar-refractivity contribution is 5.81. The molecule has 1 aliphatic rings. The second-order valence-corrected chi connectivity index (χ2v) is 6.82. The number of nitrogens with zero attached hydrogens (tertiary/aromatic N) is 1. The fourth-order valence-electron chi connectivity index (χ4n) is 2.99. The van der Waals surface area contributed by atoms with Crippen LogP contribution < -0.4 is 11.1 Å². The molecule has 0 spiro atoms. The lowest BCUT2D eigenvalue weighted by Gasteiger charge is -2.32. The van der Waals surface area contributed by atoms with Gasteiger partial charge in [-0.25, -0.2) is 0 Å². The van der Waals surface area contributed by atoms with Crippen molar-refractivity contribution in [1.82, 2.24) is 10.2 Å². The monoisotopic (exact) mass is 327 g/mol. The van der Waals surface area contributed by atoms with E-state index in [2.05, 4.69) is 19.2 Å². The number of ether oxygens (including phenoxy) is 1. The Balaban J connectivity index is 2.31. The van der Waals surface area contributed by atoms with Gasteiger partial charge in [0.05, 0.1) is 25.0 Å². The van der Waals surface area contributed by atoms with Gasteiger partial charge in [-0.3, -0.25) is 9.59 Å². The molecule has 1 rings (SSSR count). The molecule has 0 radical (unpaired) electrons. The van der Waals surface area contributed by atoms with Crippen LogP contribution in [0.1, 0.15) is 46.5 Å². The van der Waals surface area contributed by atoms with Gasteiger partial charge in [-0.05, 0) is 32.1 Å². The van der Waals surface area contributed by atoms with Crippen molar-refractivity contribution in [2.45, 2.75) is 52.6 Å². The van der Waals surface area contributed by atoms with Crippen LogP contribution in [0.4, 0.5) is 0 Å². The van der Waals surface area contributed by atoms with Crippen molar-refractivity contribution in [3.8, 4) is 0 Å². The van der Waals surface area contributed by atoms with Crippen molar-refractivity contribution in [3.63, 3.8) is 0 Å². The van der Waals surface area contributed by atoms with Gasteiger partial charge in [0, 0.05) is 26.2 Å². The number of nitrogens with two attached hydrogens (primary N) is 1. The molecule has 6 heteroatoms. The second kappa shape index (κ2) is 10.6. The third kappa shape index (κ3) is 7.79. The van der Waals surface area contributed by atoms with Crippen LogP contribution in [0.25, 0.3) is 0 Å². The normalized spacial score (nSPS) is 19.7. The summed E-state index contributed by atoms with van der Waals surface area (Å²) < 4.78 is 5.70. The summed E-state index contributed by atoms with van der Waals surface area (Å²) in [4.78, 5) is 26.1. The zero-order valence-corrected chi connectivity index (χ0v) is 14.8. The lowest BCUT2D eigenvalue weighted by Crippen LogP contribution is -2.46. The van der Waals surface area contributed by atoms with E-state index in [9.17, 15) is 9.59 Å². The number of nitrogens with one attached hydrogen (secondary N) is 1. The maximum Gasteiger partial charge on any atom is 0.224 e. The quantitative estimate of drug-likeness (QED) is 0.665. The lowest BCUT2D eigenvalue weighted by molar-refractivity contribution is -0.136. The van der Waals surface area contributed by atoms with Gasteiger partial charge >= 0.3 is 0 Å². The molecule has 134 valence electrons. The molecular formula is C17H33N3O3. The molecule has 0 aromatic rings. The van der Waals surface area contributed by atoms with E-state index in [0.29, 0.717) is 38.6 Å². The average Bonchev–Trinajstić information content (AvgIpc) is 2.51. The van der Waals surface area contributed by atoms with E-state index >= 15 is 0 Å². The van der Waals surface area contributed by atoms with E-state index < -0.39 is 0 Å². The molecule has 0 aromatic carbocycles. The van der Waals surface area contributed by atoms with Crippen LogP contribution >= 0.6 is 0 Å². The minimum Gasteiger partial charge on any atom is -0.378 e. The fraction of sp³-hybridized carbons (Fsp3) is 0.882. The van der Waals surface area contributed by atoms with Gasteiger partial charge in [0.1, 0.15) is 0 Å². The van der Waals surface area contributed by atoms with Gasteiger partial charge < -0.3 is 20.7 Å². The Morgan fingerprint density at radius 1 is 1.35 bits per heavy atom. The van der Waals surface area contributed by atoms with Crippen molar-refractivity contribution >= 4 is 11.8 Å². The molecule has 0 saturated carbocycles. The van der Waals surface area contributed by atoms with Crippen LogP contribution in [0.5, 0.6) is 0 Å². The highest BCUT2D eigenvalue weighted by Gasteiger charge is 2.27. The van der Waals surface area contributed by atoms with E-state index in [1.54, 1.807) is 4.90 Å². The molecule has 0 aliphatic carbocycles. The number of hydrogen-bond donors (Lipinski definition) is 2. The molecule has 3 N–H and O–H groups in total. The molecule has 6 nitrogen and oxygen atoms in total. The number of likely N-dealkylation sites (tertiary alicyclic amines) is 1. The highest BCUT2D eigenvalue weighted by Crippen LogP contribution is 2.17. The molecule has 0 bridgehead atoms. The van der Waals surface area contributed by atoms with Crippen LogP contribution in [-0.2, 0) is 14.3 Å². The molecule has 2 unspecified atom stereocenters. The van der Waals surface area contributed by atoms with Crippen LogP contribution in [0, 0.1) is 11.8 Å². The Hall–Kier alpha value is -1.14. The molecule has 1 aliphatic heterocycles. The highest BCUT2D eigenvalue weighted by atomic mass is 16.5. The summed E-state index contributed by atoms with van der Waals surface area (Å²) in [6, 6.07) is 0. The average molecular weight is 327 g/mol. The van der Waals surface area contributed by atoms with Crippen molar-refractivity contribution in [3.05, 3.63) is 0 Å². The number of hydrogen-bond acceptors (Lipinski definition) is 4. The molecular weight excluding hydrogens is 294 g/mol. The minimum atomic E-state index is -0.111. The zero-order chi connectivity index (χ0) is 17.2. The maximum atomic E-state index is 12.3. The van der Waals surface area contributed by atoms with Crippen LogP contribution in [0.2, 0.25) is 0 Å². The van der Waals surface area contributed by atoms with Gasteiger partial charge in [0.2, 0.25) is 11.8 Å². The molecule has 1 heterocycles. The summed E-state index contributed by atoms with van der Waals surface area (Å²) in [6.45, 7) is 9.00.